The van der Waals surface area contributed by atoms with Crippen LogP contribution in [-0.2, 0) is 16.0 Å². The maximum absolute atomic E-state index is 12.4. The lowest BCUT2D eigenvalue weighted by Gasteiger charge is -2.20. The van der Waals surface area contributed by atoms with E-state index >= 15 is 0 Å². The van der Waals surface area contributed by atoms with Gasteiger partial charge in [-0.1, -0.05) is 30.3 Å². The molecule has 0 bridgehead atoms. The smallest absolute Gasteiger partial charge is 0.244 e. The van der Waals surface area contributed by atoms with Crippen LogP contribution in [0.4, 0.5) is 5.69 Å². The number of amides is 2. The zero-order chi connectivity index (χ0) is 19.2. The Bertz CT molecular complexity index is 949. The third kappa shape index (κ3) is 4.47. The molecule has 0 spiro atoms. The molecule has 0 aliphatic heterocycles. The topological polar surface area (TPSA) is 74.4 Å². The minimum Gasteiger partial charge on any atom is -0.495 e. The van der Waals surface area contributed by atoms with Gasteiger partial charge in [-0.25, -0.2) is 0 Å². The number of H-pyrrole nitrogens is 1. The van der Waals surface area contributed by atoms with Crippen LogP contribution in [0.2, 0.25) is 0 Å². The first-order valence-corrected chi connectivity index (χ1v) is 8.82. The van der Waals surface area contributed by atoms with Gasteiger partial charge >= 0.3 is 0 Å². The second-order valence-electron chi connectivity index (χ2n) is 6.30. The van der Waals surface area contributed by atoms with Crippen LogP contribution >= 0.6 is 0 Å². The number of aromatic amines is 1. The number of hydrogen-bond acceptors (Lipinski definition) is 3. The zero-order valence-electron chi connectivity index (χ0n) is 15.5. The molecule has 0 fully saturated rings. The Morgan fingerprint density at radius 2 is 1.85 bits per heavy atom. The number of nitrogens with zero attached hydrogens (tertiary/aromatic N) is 1. The van der Waals surface area contributed by atoms with Crippen molar-refractivity contribution in [3.05, 3.63) is 60.3 Å². The van der Waals surface area contributed by atoms with E-state index in [0.717, 1.165) is 16.5 Å². The predicted molar refractivity (Wildman–Crippen MR) is 106 cm³/mol. The van der Waals surface area contributed by atoms with Gasteiger partial charge in [0.1, 0.15) is 5.75 Å². The van der Waals surface area contributed by atoms with Gasteiger partial charge in [-0.05, 0) is 30.2 Å². The van der Waals surface area contributed by atoms with Crippen LogP contribution < -0.4 is 10.1 Å². The summed E-state index contributed by atoms with van der Waals surface area (Å²) in [5.74, 6) is 0.192. The molecule has 27 heavy (non-hydrogen) atoms. The molecule has 0 aliphatic carbocycles. The summed E-state index contributed by atoms with van der Waals surface area (Å²) in [6, 6.07) is 15.2. The Morgan fingerprint density at radius 3 is 2.63 bits per heavy atom. The van der Waals surface area contributed by atoms with Crippen LogP contribution in [0, 0.1) is 0 Å². The average Bonchev–Trinajstić information content (AvgIpc) is 3.08. The average molecular weight is 365 g/mol. The van der Waals surface area contributed by atoms with E-state index in [1.165, 1.54) is 6.92 Å². The summed E-state index contributed by atoms with van der Waals surface area (Å²) in [5.41, 5.74) is 2.78. The summed E-state index contributed by atoms with van der Waals surface area (Å²) in [4.78, 5) is 29.2. The number of carbonyl (C=O) groups excluding carboxylic acids is 2. The van der Waals surface area contributed by atoms with Crippen molar-refractivity contribution in [2.24, 2.45) is 0 Å². The SMILES string of the molecule is COc1ccccc1NC(=O)CN(CCc1c[nH]c2ccccc12)C(C)=O. The van der Waals surface area contributed by atoms with Gasteiger partial charge in [-0.15, -0.1) is 0 Å². The summed E-state index contributed by atoms with van der Waals surface area (Å²) in [7, 11) is 1.55. The second-order valence-corrected chi connectivity index (χ2v) is 6.30. The van der Waals surface area contributed by atoms with Gasteiger partial charge in [0.15, 0.2) is 0 Å². The number of fused-ring (bicyclic) bond motifs is 1. The minimum absolute atomic E-state index is 0.00423. The van der Waals surface area contributed by atoms with Gasteiger partial charge in [0.25, 0.3) is 0 Å². The first-order chi connectivity index (χ1) is 13.1. The monoisotopic (exact) mass is 365 g/mol. The summed E-state index contributed by atoms with van der Waals surface area (Å²) in [5, 5.41) is 3.94. The van der Waals surface area contributed by atoms with Gasteiger partial charge in [0.2, 0.25) is 11.8 Å². The molecular formula is C21H23N3O3. The van der Waals surface area contributed by atoms with E-state index in [-0.39, 0.29) is 18.4 Å². The Kier molecular flexibility index (Phi) is 5.76. The number of benzene rings is 2. The normalized spacial score (nSPS) is 10.6. The highest BCUT2D eigenvalue weighted by atomic mass is 16.5. The number of para-hydroxylation sites is 3. The van der Waals surface area contributed by atoms with Crippen LogP contribution in [0.1, 0.15) is 12.5 Å². The molecular weight excluding hydrogens is 342 g/mol. The highest BCUT2D eigenvalue weighted by molar-refractivity contribution is 5.95. The fourth-order valence-electron chi connectivity index (χ4n) is 3.05. The number of hydrogen-bond donors (Lipinski definition) is 2. The molecule has 140 valence electrons. The first-order valence-electron chi connectivity index (χ1n) is 8.82. The van der Waals surface area contributed by atoms with E-state index in [2.05, 4.69) is 10.3 Å². The van der Waals surface area contributed by atoms with Crippen molar-refractivity contribution in [2.75, 3.05) is 25.5 Å². The highest BCUT2D eigenvalue weighted by Crippen LogP contribution is 2.23. The van der Waals surface area contributed by atoms with Crippen LogP contribution in [-0.4, -0.2) is 41.9 Å². The number of methoxy groups -OCH3 is 1. The maximum atomic E-state index is 12.4. The lowest BCUT2D eigenvalue weighted by molar-refractivity contribution is -0.132. The summed E-state index contributed by atoms with van der Waals surface area (Å²) >= 11 is 0. The Morgan fingerprint density at radius 1 is 1.11 bits per heavy atom. The van der Waals surface area contributed by atoms with Gasteiger partial charge in [0, 0.05) is 30.6 Å². The largest absolute Gasteiger partial charge is 0.495 e. The van der Waals surface area contributed by atoms with E-state index in [9.17, 15) is 9.59 Å². The van der Waals surface area contributed by atoms with Crippen molar-refractivity contribution < 1.29 is 14.3 Å². The number of nitrogens with one attached hydrogen (secondary N) is 2. The van der Waals surface area contributed by atoms with Gasteiger partial charge < -0.3 is 19.9 Å². The molecule has 0 saturated carbocycles. The molecule has 0 saturated heterocycles. The van der Waals surface area contributed by atoms with E-state index in [0.29, 0.717) is 24.4 Å². The number of rotatable bonds is 7. The van der Waals surface area contributed by atoms with E-state index < -0.39 is 0 Å². The molecule has 3 aromatic rings. The molecule has 6 nitrogen and oxygen atoms in total. The Balaban J connectivity index is 1.63. The van der Waals surface area contributed by atoms with Crippen LogP contribution in [0.25, 0.3) is 10.9 Å². The second kappa shape index (κ2) is 8.40. The van der Waals surface area contributed by atoms with Crippen molar-refractivity contribution in [3.63, 3.8) is 0 Å². The van der Waals surface area contributed by atoms with Gasteiger partial charge in [0.05, 0.1) is 19.3 Å². The predicted octanol–water partition coefficient (Wildman–Crippen LogP) is 3.21. The molecule has 0 aliphatic rings. The summed E-state index contributed by atoms with van der Waals surface area (Å²) < 4.78 is 5.24. The maximum Gasteiger partial charge on any atom is 0.244 e. The van der Waals surface area contributed by atoms with Crippen LogP contribution in [0.3, 0.4) is 0 Å². The quantitative estimate of drug-likeness (QED) is 0.675. The zero-order valence-corrected chi connectivity index (χ0v) is 15.5. The number of aromatic nitrogens is 1. The van der Waals surface area contributed by atoms with Crippen LogP contribution in [0.5, 0.6) is 5.75 Å². The molecule has 2 amide bonds. The van der Waals surface area contributed by atoms with E-state index in [1.807, 2.05) is 42.6 Å². The third-order valence-corrected chi connectivity index (χ3v) is 4.49. The van der Waals surface area contributed by atoms with Gasteiger partial charge in [-0.3, -0.25) is 9.59 Å². The van der Waals surface area contributed by atoms with Crippen molar-refractivity contribution in [1.82, 2.24) is 9.88 Å². The highest BCUT2D eigenvalue weighted by Gasteiger charge is 2.16. The number of carbonyl (C=O) groups is 2. The minimum atomic E-state index is -0.256. The molecule has 0 atom stereocenters. The molecule has 2 N–H and O–H groups in total. The lowest BCUT2D eigenvalue weighted by atomic mass is 10.1. The summed E-state index contributed by atoms with van der Waals surface area (Å²) in [6.45, 7) is 1.94. The number of ether oxygens (including phenoxy) is 1. The first kappa shape index (κ1) is 18.5. The molecule has 0 radical (unpaired) electrons. The molecule has 1 aromatic heterocycles. The van der Waals surface area contributed by atoms with E-state index in [4.69, 9.17) is 4.74 Å². The molecule has 2 aromatic carbocycles. The fourth-order valence-corrected chi connectivity index (χ4v) is 3.05. The molecule has 1 heterocycles. The number of anilines is 1. The van der Waals surface area contributed by atoms with Crippen molar-refractivity contribution in [2.45, 2.75) is 13.3 Å². The molecule has 3 rings (SSSR count). The Labute approximate surface area is 158 Å². The van der Waals surface area contributed by atoms with Gasteiger partial charge in [-0.2, -0.15) is 0 Å². The molecule has 6 heteroatoms. The van der Waals surface area contributed by atoms with Crippen molar-refractivity contribution >= 4 is 28.4 Å². The lowest BCUT2D eigenvalue weighted by Crippen LogP contribution is -2.38. The van der Waals surface area contributed by atoms with Crippen molar-refractivity contribution in [1.29, 1.82) is 0 Å². The van der Waals surface area contributed by atoms with Crippen molar-refractivity contribution in [3.8, 4) is 5.75 Å². The standard InChI is InChI=1S/C21H23N3O3/c1-15(25)24(12-11-16-13-22-18-8-4-3-7-17(16)18)14-21(26)23-19-9-5-6-10-20(19)27-2/h3-10,13,22H,11-12,14H2,1-2H3,(H,23,26). The Hall–Kier alpha value is -3.28. The summed E-state index contributed by atoms with van der Waals surface area (Å²) in [6.07, 6.45) is 2.63. The fraction of sp³-hybridized carbons (Fsp3) is 0.238. The molecule has 0 unspecified atom stereocenters. The van der Waals surface area contributed by atoms with E-state index in [1.54, 1.807) is 24.1 Å². The third-order valence-electron chi connectivity index (χ3n) is 4.49. The van der Waals surface area contributed by atoms with Crippen LogP contribution in [0.15, 0.2) is 54.7 Å².